The van der Waals surface area contributed by atoms with Gasteiger partial charge in [0.2, 0.25) is 5.88 Å². The monoisotopic (exact) mass is 258 g/mol. The maximum Gasteiger partial charge on any atom is 0.219 e. The van der Waals surface area contributed by atoms with Crippen molar-refractivity contribution >= 4 is 0 Å². The van der Waals surface area contributed by atoms with Crippen molar-refractivity contribution in [1.82, 2.24) is 4.98 Å². The molecule has 1 aromatic carbocycles. The third-order valence-electron chi connectivity index (χ3n) is 2.66. The van der Waals surface area contributed by atoms with Gasteiger partial charge in [-0.1, -0.05) is 12.1 Å². The molecule has 1 aromatic heterocycles. The van der Waals surface area contributed by atoms with Crippen LogP contribution in [-0.2, 0) is 17.9 Å². The number of ether oxygens (including phenoxy) is 2. The average Bonchev–Trinajstić information content (AvgIpc) is 2.39. The normalized spacial score (nSPS) is 10.5. The van der Waals surface area contributed by atoms with Gasteiger partial charge in [-0.05, 0) is 36.2 Å². The average molecular weight is 258 g/mol. The van der Waals surface area contributed by atoms with E-state index < -0.39 is 0 Å². The summed E-state index contributed by atoms with van der Waals surface area (Å²) in [5.41, 5.74) is 8.61. The van der Waals surface area contributed by atoms with E-state index in [1.807, 2.05) is 43.3 Å². The lowest BCUT2D eigenvalue weighted by atomic mass is 10.2. The van der Waals surface area contributed by atoms with Crippen molar-refractivity contribution in [1.29, 1.82) is 0 Å². The lowest BCUT2D eigenvalue weighted by molar-refractivity contribution is 0.184. The molecule has 0 radical (unpaired) electrons. The van der Waals surface area contributed by atoms with Crippen molar-refractivity contribution < 1.29 is 9.47 Å². The summed E-state index contributed by atoms with van der Waals surface area (Å²) in [5, 5.41) is 0. The molecular weight excluding hydrogens is 240 g/mol. The number of rotatable bonds is 5. The fraction of sp³-hybridized carbons (Fsp3) is 0.267. The summed E-state index contributed by atoms with van der Waals surface area (Å²) in [6, 6.07) is 11.6. The van der Waals surface area contributed by atoms with E-state index in [2.05, 4.69) is 4.98 Å². The maximum atomic E-state index is 5.77. The van der Waals surface area contributed by atoms with Crippen molar-refractivity contribution in [3.8, 4) is 11.6 Å². The maximum absolute atomic E-state index is 5.77. The molecule has 19 heavy (non-hydrogen) atoms. The molecule has 0 saturated carbocycles. The smallest absolute Gasteiger partial charge is 0.219 e. The molecule has 0 spiro atoms. The molecule has 0 unspecified atom stereocenters. The molecule has 0 aliphatic rings. The van der Waals surface area contributed by atoms with E-state index in [1.165, 1.54) is 0 Å². The van der Waals surface area contributed by atoms with Crippen LogP contribution in [-0.4, -0.2) is 12.1 Å². The first-order chi connectivity index (χ1) is 9.21. The van der Waals surface area contributed by atoms with Gasteiger partial charge in [0.25, 0.3) is 0 Å². The summed E-state index contributed by atoms with van der Waals surface area (Å²) in [7, 11) is 1.67. The van der Waals surface area contributed by atoms with Crippen LogP contribution < -0.4 is 10.5 Å². The molecule has 0 atom stereocenters. The fourth-order valence-corrected chi connectivity index (χ4v) is 1.86. The minimum absolute atomic E-state index is 0.476. The first-order valence-electron chi connectivity index (χ1n) is 6.14. The van der Waals surface area contributed by atoms with E-state index in [1.54, 1.807) is 7.11 Å². The third-order valence-corrected chi connectivity index (χ3v) is 2.66. The van der Waals surface area contributed by atoms with Gasteiger partial charge in [-0.3, -0.25) is 0 Å². The number of nitrogens with two attached hydrogens (primary N) is 1. The Balaban J connectivity index is 2.20. The number of methoxy groups -OCH3 is 1. The van der Waals surface area contributed by atoms with Crippen molar-refractivity contribution in [2.45, 2.75) is 20.1 Å². The zero-order valence-corrected chi connectivity index (χ0v) is 11.2. The Hall–Kier alpha value is -1.91. The third kappa shape index (κ3) is 3.77. The molecule has 0 aliphatic carbocycles. The Morgan fingerprint density at radius 3 is 2.74 bits per heavy atom. The van der Waals surface area contributed by atoms with E-state index in [4.69, 9.17) is 15.2 Å². The van der Waals surface area contributed by atoms with Gasteiger partial charge in [-0.15, -0.1) is 0 Å². The lowest BCUT2D eigenvalue weighted by Crippen LogP contribution is -1.99. The molecule has 4 nitrogen and oxygen atoms in total. The molecule has 2 N–H and O–H groups in total. The van der Waals surface area contributed by atoms with Gasteiger partial charge in [0, 0.05) is 25.4 Å². The number of benzene rings is 1. The standard InChI is InChI=1S/C15H18N2O2/c1-11-6-13(9-16)8-15(17-11)19-14-5-3-4-12(7-14)10-18-2/h3-8H,9-10,16H2,1-2H3. The van der Waals surface area contributed by atoms with Crippen molar-refractivity contribution in [3.05, 3.63) is 53.2 Å². The molecule has 2 aromatic rings. The summed E-state index contributed by atoms with van der Waals surface area (Å²) in [6.45, 7) is 2.96. The summed E-state index contributed by atoms with van der Waals surface area (Å²) in [5.74, 6) is 1.31. The highest BCUT2D eigenvalue weighted by molar-refractivity contribution is 5.33. The molecule has 2 rings (SSSR count). The van der Waals surface area contributed by atoms with E-state index in [0.29, 0.717) is 19.0 Å². The second kappa shape index (κ2) is 6.31. The summed E-state index contributed by atoms with van der Waals surface area (Å²) in [6.07, 6.45) is 0. The van der Waals surface area contributed by atoms with Crippen LogP contribution in [0.5, 0.6) is 11.6 Å². The van der Waals surface area contributed by atoms with Crippen LogP contribution in [0.4, 0.5) is 0 Å². The van der Waals surface area contributed by atoms with E-state index in [-0.39, 0.29) is 0 Å². The second-order valence-corrected chi connectivity index (χ2v) is 4.34. The SMILES string of the molecule is COCc1cccc(Oc2cc(CN)cc(C)n2)c1. The number of hydrogen-bond acceptors (Lipinski definition) is 4. The van der Waals surface area contributed by atoms with Crippen molar-refractivity contribution in [2.75, 3.05) is 7.11 Å². The highest BCUT2D eigenvalue weighted by Crippen LogP contribution is 2.22. The van der Waals surface area contributed by atoms with E-state index in [9.17, 15) is 0 Å². The highest BCUT2D eigenvalue weighted by Gasteiger charge is 2.03. The first kappa shape index (κ1) is 13.5. The molecular formula is C15H18N2O2. The predicted octanol–water partition coefficient (Wildman–Crippen LogP) is 2.79. The Morgan fingerprint density at radius 2 is 2.00 bits per heavy atom. The Morgan fingerprint density at radius 1 is 1.16 bits per heavy atom. The number of aryl methyl sites for hydroxylation is 1. The summed E-state index contributed by atoms with van der Waals surface area (Å²) in [4.78, 5) is 4.34. The number of pyridine rings is 1. The Kier molecular flexibility index (Phi) is 4.49. The van der Waals surface area contributed by atoms with Crippen molar-refractivity contribution in [3.63, 3.8) is 0 Å². The quantitative estimate of drug-likeness (QED) is 0.896. The molecule has 0 saturated heterocycles. The van der Waals surface area contributed by atoms with Crippen LogP contribution in [0, 0.1) is 6.92 Å². The van der Waals surface area contributed by atoms with Gasteiger partial charge in [-0.2, -0.15) is 0 Å². The van der Waals surface area contributed by atoms with Gasteiger partial charge >= 0.3 is 0 Å². The fourth-order valence-electron chi connectivity index (χ4n) is 1.86. The van der Waals surface area contributed by atoms with Gasteiger partial charge in [-0.25, -0.2) is 4.98 Å². The van der Waals surface area contributed by atoms with Crippen LogP contribution in [0.1, 0.15) is 16.8 Å². The molecule has 100 valence electrons. The van der Waals surface area contributed by atoms with Gasteiger partial charge < -0.3 is 15.2 Å². The predicted molar refractivity (Wildman–Crippen MR) is 74.1 cm³/mol. The van der Waals surface area contributed by atoms with E-state index in [0.717, 1.165) is 22.6 Å². The highest BCUT2D eigenvalue weighted by atomic mass is 16.5. The molecule has 0 fully saturated rings. The number of hydrogen-bond donors (Lipinski definition) is 1. The van der Waals surface area contributed by atoms with Crippen LogP contribution in [0.2, 0.25) is 0 Å². The van der Waals surface area contributed by atoms with Crippen LogP contribution in [0.3, 0.4) is 0 Å². The van der Waals surface area contributed by atoms with Crippen LogP contribution >= 0.6 is 0 Å². The topological polar surface area (TPSA) is 57.4 Å². The Bertz CT molecular complexity index is 556. The summed E-state index contributed by atoms with van der Waals surface area (Å²) >= 11 is 0. The largest absolute Gasteiger partial charge is 0.439 e. The molecule has 0 aliphatic heterocycles. The van der Waals surface area contributed by atoms with Gasteiger partial charge in [0.05, 0.1) is 6.61 Å². The van der Waals surface area contributed by atoms with Crippen LogP contribution in [0.15, 0.2) is 36.4 Å². The molecule has 4 heteroatoms. The van der Waals surface area contributed by atoms with Gasteiger partial charge in [0.15, 0.2) is 0 Å². The van der Waals surface area contributed by atoms with E-state index >= 15 is 0 Å². The van der Waals surface area contributed by atoms with Crippen LogP contribution in [0.25, 0.3) is 0 Å². The zero-order chi connectivity index (χ0) is 13.7. The lowest BCUT2D eigenvalue weighted by Gasteiger charge is -2.08. The Labute approximate surface area is 113 Å². The summed E-state index contributed by atoms with van der Waals surface area (Å²) < 4.78 is 10.9. The minimum atomic E-state index is 0.476. The van der Waals surface area contributed by atoms with Gasteiger partial charge in [0.1, 0.15) is 5.75 Å². The minimum Gasteiger partial charge on any atom is -0.439 e. The molecule has 1 heterocycles. The molecule has 0 bridgehead atoms. The zero-order valence-electron chi connectivity index (χ0n) is 11.2. The second-order valence-electron chi connectivity index (χ2n) is 4.34. The van der Waals surface area contributed by atoms with Crippen molar-refractivity contribution in [2.24, 2.45) is 5.73 Å². The number of aromatic nitrogens is 1. The molecule has 0 amide bonds. The number of nitrogens with zero attached hydrogens (tertiary/aromatic N) is 1. The first-order valence-corrected chi connectivity index (χ1v) is 6.14.